The highest BCUT2D eigenvalue weighted by Gasteiger charge is 2.04. The van der Waals surface area contributed by atoms with Gasteiger partial charge in [0.25, 0.3) is 0 Å². The van der Waals surface area contributed by atoms with Crippen molar-refractivity contribution in [2.24, 2.45) is 0 Å². The molecular weight excluding hydrogens is 222 g/mol. The summed E-state index contributed by atoms with van der Waals surface area (Å²) in [6.07, 6.45) is 1.10. The summed E-state index contributed by atoms with van der Waals surface area (Å²) >= 11 is 0. The molecule has 17 heavy (non-hydrogen) atoms. The molecule has 0 radical (unpaired) electrons. The normalized spacial score (nSPS) is 10.2. The Hall–Kier alpha value is -2.03. The van der Waals surface area contributed by atoms with Crippen molar-refractivity contribution >= 4 is 6.29 Å². The second-order valence-electron chi connectivity index (χ2n) is 3.76. The number of hydrogen-bond acceptors (Lipinski definition) is 1. The number of carbonyl (C=O) groups excluding carboxylic acids is 1. The van der Waals surface area contributed by atoms with Crippen molar-refractivity contribution in [3.8, 4) is 0 Å². The van der Waals surface area contributed by atoms with E-state index >= 15 is 0 Å². The first kappa shape index (κ1) is 11.5. The van der Waals surface area contributed by atoms with Gasteiger partial charge in [0.1, 0.15) is 17.9 Å². The molecule has 2 rings (SSSR count). The van der Waals surface area contributed by atoms with Crippen LogP contribution in [0.5, 0.6) is 0 Å². The van der Waals surface area contributed by atoms with E-state index in [4.69, 9.17) is 0 Å². The van der Waals surface area contributed by atoms with E-state index in [2.05, 4.69) is 0 Å². The molecule has 0 saturated heterocycles. The molecule has 0 aliphatic heterocycles. The van der Waals surface area contributed by atoms with Crippen molar-refractivity contribution in [2.75, 3.05) is 0 Å². The first-order chi connectivity index (χ1) is 8.19. The fourth-order valence-electron chi connectivity index (χ4n) is 1.66. The SMILES string of the molecule is O=Cc1ccc(F)cc1Cc1ccc(F)cc1. The Morgan fingerprint density at radius 1 is 0.941 bits per heavy atom. The predicted octanol–water partition coefficient (Wildman–Crippen LogP) is 3.37. The van der Waals surface area contributed by atoms with E-state index in [0.29, 0.717) is 23.8 Å². The van der Waals surface area contributed by atoms with Gasteiger partial charge in [-0.3, -0.25) is 4.79 Å². The quantitative estimate of drug-likeness (QED) is 0.741. The van der Waals surface area contributed by atoms with Crippen LogP contribution in [0.2, 0.25) is 0 Å². The van der Waals surface area contributed by atoms with Crippen molar-refractivity contribution in [1.82, 2.24) is 0 Å². The van der Waals surface area contributed by atoms with Gasteiger partial charge in [-0.15, -0.1) is 0 Å². The lowest BCUT2D eigenvalue weighted by Crippen LogP contribution is -1.96. The van der Waals surface area contributed by atoms with Gasteiger partial charge in [0, 0.05) is 5.56 Å². The van der Waals surface area contributed by atoms with E-state index in [1.165, 1.54) is 30.3 Å². The molecule has 0 N–H and O–H groups in total. The molecule has 0 fully saturated rings. The third-order valence-corrected chi connectivity index (χ3v) is 2.54. The molecule has 0 bridgehead atoms. The second kappa shape index (κ2) is 4.87. The number of halogens is 2. The lowest BCUT2D eigenvalue weighted by atomic mass is 10.0. The molecule has 0 aliphatic carbocycles. The fraction of sp³-hybridized carbons (Fsp3) is 0.0714. The lowest BCUT2D eigenvalue weighted by Gasteiger charge is -2.05. The molecular formula is C14H10F2O. The summed E-state index contributed by atoms with van der Waals surface area (Å²) in [6, 6.07) is 9.94. The van der Waals surface area contributed by atoms with Gasteiger partial charge >= 0.3 is 0 Å². The zero-order chi connectivity index (χ0) is 12.3. The molecule has 0 aliphatic rings. The molecule has 1 nitrogen and oxygen atoms in total. The van der Waals surface area contributed by atoms with E-state index in [-0.39, 0.29) is 11.6 Å². The molecule has 2 aromatic carbocycles. The van der Waals surface area contributed by atoms with Crippen LogP contribution in [-0.2, 0) is 6.42 Å². The van der Waals surface area contributed by atoms with Crippen LogP contribution in [0.25, 0.3) is 0 Å². The average Bonchev–Trinajstić information content (AvgIpc) is 2.32. The van der Waals surface area contributed by atoms with Crippen LogP contribution < -0.4 is 0 Å². The summed E-state index contributed by atoms with van der Waals surface area (Å²) in [5, 5.41) is 0. The molecule has 0 amide bonds. The molecule has 0 spiro atoms. The van der Waals surface area contributed by atoms with Crippen molar-refractivity contribution in [1.29, 1.82) is 0 Å². The van der Waals surface area contributed by atoms with Gasteiger partial charge in [0.2, 0.25) is 0 Å². The third kappa shape index (κ3) is 2.75. The minimum atomic E-state index is -0.382. The molecule has 3 heteroatoms. The number of aldehydes is 1. The third-order valence-electron chi connectivity index (χ3n) is 2.54. The largest absolute Gasteiger partial charge is 0.298 e. The topological polar surface area (TPSA) is 17.1 Å². The highest BCUT2D eigenvalue weighted by molar-refractivity contribution is 5.77. The zero-order valence-electron chi connectivity index (χ0n) is 8.99. The van der Waals surface area contributed by atoms with Crippen LogP contribution in [0.4, 0.5) is 8.78 Å². The van der Waals surface area contributed by atoms with Gasteiger partial charge in [-0.25, -0.2) is 8.78 Å². The maximum atomic E-state index is 13.1. The maximum Gasteiger partial charge on any atom is 0.150 e. The van der Waals surface area contributed by atoms with Crippen molar-refractivity contribution in [3.05, 3.63) is 70.8 Å². The number of carbonyl (C=O) groups is 1. The van der Waals surface area contributed by atoms with E-state index < -0.39 is 0 Å². The summed E-state index contributed by atoms with van der Waals surface area (Å²) in [4.78, 5) is 10.8. The maximum absolute atomic E-state index is 13.1. The fourth-order valence-corrected chi connectivity index (χ4v) is 1.66. The highest BCUT2D eigenvalue weighted by Crippen LogP contribution is 2.15. The summed E-state index contributed by atoms with van der Waals surface area (Å²) in [5.74, 6) is -0.698. The molecule has 0 atom stereocenters. The predicted molar refractivity (Wildman–Crippen MR) is 61.0 cm³/mol. The smallest absolute Gasteiger partial charge is 0.150 e. The summed E-state index contributed by atoms with van der Waals surface area (Å²) in [7, 11) is 0. The second-order valence-corrected chi connectivity index (χ2v) is 3.76. The Labute approximate surface area is 97.7 Å². The van der Waals surface area contributed by atoms with Gasteiger partial charge < -0.3 is 0 Å². The van der Waals surface area contributed by atoms with Gasteiger partial charge in [-0.05, 0) is 47.9 Å². The minimum Gasteiger partial charge on any atom is -0.298 e. The molecule has 86 valence electrons. The van der Waals surface area contributed by atoms with Crippen LogP contribution in [0.1, 0.15) is 21.5 Å². The Morgan fingerprint density at radius 3 is 2.24 bits per heavy atom. The summed E-state index contributed by atoms with van der Waals surface area (Å²) in [5.41, 5.74) is 1.89. The first-order valence-corrected chi connectivity index (χ1v) is 5.17. The number of benzene rings is 2. The van der Waals surface area contributed by atoms with Crippen molar-refractivity contribution in [3.63, 3.8) is 0 Å². The standard InChI is InChI=1S/C14H10F2O/c15-13-4-1-10(2-5-13)7-12-8-14(16)6-3-11(12)9-17/h1-6,8-9H,7H2. The minimum absolute atomic E-state index is 0.316. The Morgan fingerprint density at radius 2 is 1.59 bits per heavy atom. The van der Waals surface area contributed by atoms with Gasteiger partial charge in [0.15, 0.2) is 0 Å². The molecule has 0 saturated carbocycles. The average molecular weight is 232 g/mol. The summed E-state index contributed by atoms with van der Waals surface area (Å²) in [6.45, 7) is 0. The molecule has 0 unspecified atom stereocenters. The van der Waals surface area contributed by atoms with E-state index in [1.807, 2.05) is 0 Å². The van der Waals surface area contributed by atoms with E-state index in [1.54, 1.807) is 12.1 Å². The molecule has 0 aromatic heterocycles. The van der Waals surface area contributed by atoms with Crippen LogP contribution in [0.15, 0.2) is 42.5 Å². The van der Waals surface area contributed by atoms with Gasteiger partial charge in [-0.2, -0.15) is 0 Å². The molecule has 0 heterocycles. The van der Waals surface area contributed by atoms with Crippen LogP contribution in [-0.4, -0.2) is 6.29 Å². The number of hydrogen-bond donors (Lipinski definition) is 0. The zero-order valence-corrected chi connectivity index (χ0v) is 8.99. The first-order valence-electron chi connectivity index (χ1n) is 5.17. The monoisotopic (exact) mass is 232 g/mol. The van der Waals surface area contributed by atoms with Crippen LogP contribution in [0.3, 0.4) is 0 Å². The van der Waals surface area contributed by atoms with Crippen molar-refractivity contribution in [2.45, 2.75) is 6.42 Å². The van der Waals surface area contributed by atoms with E-state index in [0.717, 1.165) is 5.56 Å². The van der Waals surface area contributed by atoms with Gasteiger partial charge in [0.05, 0.1) is 0 Å². The van der Waals surface area contributed by atoms with Crippen LogP contribution in [0, 0.1) is 11.6 Å². The van der Waals surface area contributed by atoms with Gasteiger partial charge in [-0.1, -0.05) is 12.1 Å². The summed E-state index contributed by atoms with van der Waals surface area (Å²) < 4.78 is 25.8. The Bertz CT molecular complexity index is 532. The van der Waals surface area contributed by atoms with Crippen LogP contribution >= 0.6 is 0 Å². The lowest BCUT2D eigenvalue weighted by molar-refractivity contribution is 0.112. The molecule has 2 aromatic rings. The van der Waals surface area contributed by atoms with E-state index in [9.17, 15) is 13.6 Å². The number of rotatable bonds is 3. The Kier molecular flexibility index (Phi) is 3.28. The Balaban J connectivity index is 2.31. The van der Waals surface area contributed by atoms with Crippen molar-refractivity contribution < 1.29 is 13.6 Å². The highest BCUT2D eigenvalue weighted by atomic mass is 19.1.